The van der Waals surface area contributed by atoms with Crippen molar-refractivity contribution in [3.05, 3.63) is 108 Å². The summed E-state index contributed by atoms with van der Waals surface area (Å²) in [5, 5.41) is 0. The molecular weight excluding hydrogens is 715 g/mol. The minimum absolute atomic E-state index is 0.0533. The lowest BCUT2D eigenvalue weighted by Gasteiger charge is -2.37. The van der Waals surface area contributed by atoms with E-state index >= 15 is 0 Å². The third-order valence-electron chi connectivity index (χ3n) is 15.6. The van der Waals surface area contributed by atoms with Crippen LogP contribution in [-0.2, 0) is 28.6 Å². The first kappa shape index (κ1) is 37.2. The standard InChI is InChI=1S/C19H25NO2.C15H17NO2.C14H15NO2/c1-19-13-22-18(14-9-5-4-6-10-14)20(19)17(21)15-11-7-2-3-8-12-16(15)19;1-15-9-18-14(10-5-3-2-4-6-10)16(15)13(17)11-7-8-12(11)15;1-14-8-17-13(9-5-3-2-4-6-9)15(14)12(16)10-7-11(10)14/h4-6,9-10,15-16,18H,2-3,7-8,11-13H2,1H3;2-6,11-12,14H,7-9H2,1H3;2-6,10-11,13H,7-8H2,1H3/t15?,16?,18?,19-;11?,12?,14?,15-;10?,11?,13?,14-/m000/s1. The predicted molar refractivity (Wildman–Crippen MR) is 214 cm³/mol. The van der Waals surface area contributed by atoms with Crippen LogP contribution in [0.25, 0.3) is 0 Å². The van der Waals surface area contributed by atoms with Crippen molar-refractivity contribution in [2.24, 2.45) is 35.5 Å². The maximum atomic E-state index is 13.1. The zero-order valence-corrected chi connectivity index (χ0v) is 33.6. The van der Waals surface area contributed by atoms with Gasteiger partial charge in [-0.3, -0.25) is 14.4 Å². The molecule has 3 aliphatic carbocycles. The number of amides is 3. The molecule has 0 aromatic heterocycles. The summed E-state index contributed by atoms with van der Waals surface area (Å²) in [6.45, 7) is 8.65. The van der Waals surface area contributed by atoms with Crippen LogP contribution in [0.4, 0.5) is 0 Å². The number of benzene rings is 3. The Balaban J connectivity index is 0.000000105. The molecule has 0 bridgehead atoms. The Hall–Kier alpha value is -4.05. The van der Waals surface area contributed by atoms with Gasteiger partial charge in [0.05, 0.1) is 36.4 Å². The molecule has 9 nitrogen and oxygen atoms in total. The second-order valence-corrected chi connectivity index (χ2v) is 18.9. The number of hydrogen-bond acceptors (Lipinski definition) is 6. The molecule has 300 valence electrons. The molecule has 0 spiro atoms. The van der Waals surface area contributed by atoms with Gasteiger partial charge < -0.3 is 28.9 Å². The lowest BCUT2D eigenvalue weighted by Crippen LogP contribution is -2.45. The van der Waals surface area contributed by atoms with Crippen LogP contribution in [0.2, 0.25) is 0 Å². The average Bonchev–Trinajstić information content (AvgIpc) is 3.37. The first-order chi connectivity index (χ1) is 27.6. The Morgan fingerprint density at radius 3 is 1.23 bits per heavy atom. The van der Waals surface area contributed by atoms with Crippen molar-refractivity contribution in [2.45, 2.75) is 114 Å². The van der Waals surface area contributed by atoms with Gasteiger partial charge in [0.1, 0.15) is 0 Å². The van der Waals surface area contributed by atoms with Gasteiger partial charge in [-0.25, -0.2) is 0 Å². The number of nitrogens with zero attached hydrogens (tertiary/aromatic N) is 3. The van der Waals surface area contributed by atoms with Crippen molar-refractivity contribution in [2.75, 3.05) is 19.8 Å². The number of fused-ring (bicyclic) bond motifs is 9. The molecule has 6 heterocycles. The molecule has 0 N–H and O–H groups in total. The number of hydrogen-bond donors (Lipinski definition) is 0. The number of carbonyl (C=O) groups is 3. The third-order valence-corrected chi connectivity index (χ3v) is 15.6. The molecule has 3 aromatic carbocycles. The summed E-state index contributed by atoms with van der Waals surface area (Å²) in [5.41, 5.74) is 3.05. The van der Waals surface area contributed by atoms with Crippen molar-refractivity contribution in [1.29, 1.82) is 0 Å². The van der Waals surface area contributed by atoms with Crippen LogP contribution in [0.1, 0.15) is 114 Å². The number of ether oxygens (including phenoxy) is 3. The first-order valence-electron chi connectivity index (χ1n) is 21.6. The third kappa shape index (κ3) is 5.76. The van der Waals surface area contributed by atoms with E-state index in [9.17, 15) is 14.4 Å². The van der Waals surface area contributed by atoms with Crippen molar-refractivity contribution >= 4 is 17.7 Å². The van der Waals surface area contributed by atoms with E-state index in [0.29, 0.717) is 55.3 Å². The summed E-state index contributed by atoms with van der Waals surface area (Å²) in [5.74, 6) is 3.22. The summed E-state index contributed by atoms with van der Waals surface area (Å²) in [7, 11) is 0. The molecule has 9 unspecified atom stereocenters. The molecule has 6 aliphatic heterocycles. The van der Waals surface area contributed by atoms with E-state index in [2.05, 4.69) is 37.8 Å². The summed E-state index contributed by atoms with van der Waals surface area (Å²) in [6.07, 6.45) is 10.1. The van der Waals surface area contributed by atoms with Gasteiger partial charge >= 0.3 is 0 Å². The highest BCUT2D eigenvalue weighted by Crippen LogP contribution is 2.62. The zero-order valence-electron chi connectivity index (χ0n) is 33.6. The Kier molecular flexibility index (Phi) is 9.18. The van der Waals surface area contributed by atoms with Crippen LogP contribution >= 0.6 is 0 Å². The van der Waals surface area contributed by atoms with Gasteiger partial charge in [-0.05, 0) is 70.6 Å². The summed E-state index contributed by atoms with van der Waals surface area (Å²) < 4.78 is 17.9. The summed E-state index contributed by atoms with van der Waals surface area (Å²) in [4.78, 5) is 44.0. The molecule has 3 aromatic rings. The van der Waals surface area contributed by atoms with Gasteiger partial charge in [0, 0.05) is 34.4 Å². The van der Waals surface area contributed by atoms with Crippen molar-refractivity contribution in [3.8, 4) is 0 Å². The van der Waals surface area contributed by atoms with E-state index < -0.39 is 0 Å². The average molecular weight is 772 g/mol. The zero-order chi connectivity index (χ0) is 39.1. The molecule has 3 amide bonds. The molecule has 12 rings (SSSR count). The molecule has 57 heavy (non-hydrogen) atoms. The lowest BCUT2D eigenvalue weighted by molar-refractivity contribution is -0.140. The Morgan fingerprint density at radius 1 is 0.439 bits per heavy atom. The topological polar surface area (TPSA) is 88.6 Å². The van der Waals surface area contributed by atoms with Crippen molar-refractivity contribution < 1.29 is 28.6 Å². The molecule has 9 heteroatoms. The van der Waals surface area contributed by atoms with Crippen LogP contribution in [0.5, 0.6) is 0 Å². The normalized spacial score (nSPS) is 40.6. The van der Waals surface area contributed by atoms with E-state index in [4.69, 9.17) is 14.2 Å². The van der Waals surface area contributed by atoms with E-state index in [0.717, 1.165) is 36.0 Å². The van der Waals surface area contributed by atoms with Crippen LogP contribution in [0.15, 0.2) is 91.0 Å². The predicted octanol–water partition coefficient (Wildman–Crippen LogP) is 8.20. The Labute approximate surface area is 337 Å². The van der Waals surface area contributed by atoms with Gasteiger partial charge in [-0.1, -0.05) is 117 Å². The van der Waals surface area contributed by atoms with Crippen LogP contribution in [0, 0.1) is 35.5 Å². The van der Waals surface area contributed by atoms with Gasteiger partial charge in [-0.15, -0.1) is 0 Å². The van der Waals surface area contributed by atoms with E-state index in [-0.39, 0.29) is 53.1 Å². The maximum Gasteiger partial charge on any atom is 0.228 e. The Morgan fingerprint density at radius 2 is 0.807 bits per heavy atom. The fourth-order valence-electron chi connectivity index (χ4n) is 12.3. The van der Waals surface area contributed by atoms with Gasteiger partial charge in [0.15, 0.2) is 18.7 Å². The molecule has 6 saturated heterocycles. The molecule has 9 aliphatic rings. The molecule has 0 radical (unpaired) electrons. The summed E-state index contributed by atoms with van der Waals surface area (Å²) in [6, 6.07) is 30.4. The number of rotatable bonds is 3. The summed E-state index contributed by atoms with van der Waals surface area (Å²) >= 11 is 0. The van der Waals surface area contributed by atoms with Crippen molar-refractivity contribution in [1.82, 2.24) is 14.7 Å². The first-order valence-corrected chi connectivity index (χ1v) is 21.6. The van der Waals surface area contributed by atoms with Crippen molar-refractivity contribution in [3.63, 3.8) is 0 Å². The highest BCUT2D eigenvalue weighted by molar-refractivity contribution is 5.87. The van der Waals surface area contributed by atoms with Gasteiger partial charge in [-0.2, -0.15) is 0 Å². The Bertz CT molecular complexity index is 2000. The van der Waals surface area contributed by atoms with E-state index in [1.54, 1.807) is 0 Å². The fraction of sp³-hybridized carbons (Fsp3) is 0.562. The van der Waals surface area contributed by atoms with Gasteiger partial charge in [0.2, 0.25) is 17.7 Å². The minimum Gasteiger partial charge on any atom is -0.351 e. The largest absolute Gasteiger partial charge is 0.351 e. The number of piperidine rings is 1. The maximum absolute atomic E-state index is 13.1. The highest BCUT2D eigenvalue weighted by Gasteiger charge is 2.69. The van der Waals surface area contributed by atoms with E-state index in [1.807, 2.05) is 88.7 Å². The highest BCUT2D eigenvalue weighted by atomic mass is 16.5. The quantitative estimate of drug-likeness (QED) is 0.267. The van der Waals surface area contributed by atoms with Crippen LogP contribution in [-0.4, -0.2) is 68.9 Å². The van der Waals surface area contributed by atoms with Crippen LogP contribution in [0.3, 0.4) is 0 Å². The molecule has 3 saturated carbocycles. The fourth-order valence-corrected chi connectivity index (χ4v) is 12.3. The smallest absolute Gasteiger partial charge is 0.228 e. The second kappa shape index (κ2) is 14.1. The second-order valence-electron chi connectivity index (χ2n) is 18.9. The molecule has 12 atom stereocenters. The molecule has 9 fully saturated rings. The minimum atomic E-state index is -0.188. The van der Waals surface area contributed by atoms with E-state index in [1.165, 1.54) is 38.5 Å². The molecular formula is C48H57N3O6. The SMILES string of the molecule is C[C@@]12COC(c3ccccc3)N1C(=O)C1CC12.C[C@@]12COC(c3ccccc3)N1C(=O)C1CCC12.C[C@@]12COC(c3ccccc3)N1C(=O)C1CCCCCCC12. The lowest BCUT2D eigenvalue weighted by atomic mass is 9.68. The monoisotopic (exact) mass is 771 g/mol. The number of carbonyl (C=O) groups excluding carboxylic acids is 3. The van der Waals surface area contributed by atoms with Gasteiger partial charge in [0.25, 0.3) is 0 Å². The van der Waals surface area contributed by atoms with Crippen LogP contribution < -0.4 is 0 Å².